The van der Waals surface area contributed by atoms with E-state index in [2.05, 4.69) is 21.2 Å². The number of hydrogen-bond acceptors (Lipinski definition) is 6. The second-order valence-corrected chi connectivity index (χ2v) is 7.20. The Morgan fingerprint density at radius 1 is 1.11 bits per heavy atom. The van der Waals surface area contributed by atoms with Crippen molar-refractivity contribution in [1.82, 2.24) is 10.2 Å². The van der Waals surface area contributed by atoms with E-state index in [1.54, 1.807) is 19.1 Å². The van der Waals surface area contributed by atoms with Gasteiger partial charge in [-0.05, 0) is 81.8 Å². The molecule has 0 aliphatic carbocycles. The van der Waals surface area contributed by atoms with Gasteiger partial charge < -0.3 is 14.4 Å². The van der Waals surface area contributed by atoms with Crippen LogP contribution >= 0.6 is 0 Å². The topological polar surface area (TPSA) is 64.6 Å². The number of aryl methyl sites for hydroxylation is 1. The van der Waals surface area contributed by atoms with Gasteiger partial charge >= 0.3 is 5.97 Å². The monoisotopic (exact) mass is 383 g/mol. The number of benzene rings is 1. The molecule has 2 aromatic rings. The number of hydrogen-bond donors (Lipinski definition) is 0. The van der Waals surface area contributed by atoms with E-state index in [1.165, 1.54) is 6.42 Å². The van der Waals surface area contributed by atoms with Crippen LogP contribution in [-0.2, 0) is 4.74 Å². The van der Waals surface area contributed by atoms with Crippen LogP contribution < -0.4 is 9.64 Å². The van der Waals surface area contributed by atoms with Gasteiger partial charge in [-0.3, -0.25) is 0 Å². The third-order valence-corrected chi connectivity index (χ3v) is 5.12. The zero-order valence-corrected chi connectivity index (χ0v) is 16.8. The molecule has 1 saturated heterocycles. The highest BCUT2D eigenvalue weighted by molar-refractivity contribution is 5.89. The lowest BCUT2D eigenvalue weighted by Crippen LogP contribution is -2.25. The third-order valence-electron chi connectivity index (χ3n) is 5.12. The largest absolute Gasteiger partial charge is 0.494 e. The van der Waals surface area contributed by atoms with E-state index in [9.17, 15) is 4.79 Å². The van der Waals surface area contributed by atoms with E-state index in [0.29, 0.717) is 24.7 Å². The van der Waals surface area contributed by atoms with Gasteiger partial charge in [-0.2, -0.15) is 5.10 Å². The van der Waals surface area contributed by atoms with Crippen LogP contribution in [0, 0.1) is 12.8 Å². The number of esters is 1. The van der Waals surface area contributed by atoms with Crippen molar-refractivity contribution in [2.45, 2.75) is 39.5 Å². The fraction of sp³-hybridized carbons (Fsp3) is 0.500. The average molecular weight is 383 g/mol. The minimum atomic E-state index is -0.296. The van der Waals surface area contributed by atoms with Crippen molar-refractivity contribution >= 4 is 11.8 Å². The van der Waals surface area contributed by atoms with E-state index < -0.39 is 0 Å². The van der Waals surface area contributed by atoms with Crippen LogP contribution in [0.3, 0.4) is 0 Å². The molecule has 28 heavy (non-hydrogen) atoms. The molecule has 6 heteroatoms. The van der Waals surface area contributed by atoms with E-state index in [-0.39, 0.29) is 5.97 Å². The van der Waals surface area contributed by atoms with Gasteiger partial charge in [-0.15, -0.1) is 5.10 Å². The van der Waals surface area contributed by atoms with Gasteiger partial charge in [0.25, 0.3) is 0 Å². The summed E-state index contributed by atoms with van der Waals surface area (Å²) in [7, 11) is 0. The summed E-state index contributed by atoms with van der Waals surface area (Å²) in [5.74, 6) is 2.12. The van der Waals surface area contributed by atoms with Crippen molar-refractivity contribution in [3.05, 3.63) is 47.7 Å². The lowest BCUT2D eigenvalue weighted by Gasteiger charge is -2.21. The zero-order chi connectivity index (χ0) is 19.8. The predicted octanol–water partition coefficient (Wildman–Crippen LogP) is 4.04. The number of carbonyl (C=O) groups is 1. The summed E-state index contributed by atoms with van der Waals surface area (Å²) in [4.78, 5) is 14.0. The molecule has 0 saturated carbocycles. The summed E-state index contributed by atoms with van der Waals surface area (Å²) in [5, 5.41) is 8.49. The van der Waals surface area contributed by atoms with Crippen LogP contribution in [0.4, 0.5) is 5.82 Å². The van der Waals surface area contributed by atoms with Crippen LogP contribution in [0.1, 0.15) is 48.7 Å². The lowest BCUT2D eigenvalue weighted by molar-refractivity contribution is 0.0526. The molecule has 0 amide bonds. The fourth-order valence-corrected chi connectivity index (χ4v) is 3.49. The Morgan fingerprint density at radius 3 is 2.64 bits per heavy atom. The molecule has 150 valence electrons. The molecule has 1 aromatic heterocycles. The third kappa shape index (κ3) is 5.68. The Balaban J connectivity index is 1.43. The van der Waals surface area contributed by atoms with Crippen LogP contribution in [0.5, 0.6) is 5.75 Å². The SMILES string of the molecule is CCOC(=O)c1ccc(OCCC2CCCN(c3ccc(C)nn3)CC2)cc1. The van der Waals surface area contributed by atoms with Crippen molar-refractivity contribution in [1.29, 1.82) is 0 Å². The van der Waals surface area contributed by atoms with Gasteiger partial charge in [0.05, 0.1) is 24.5 Å². The fourth-order valence-electron chi connectivity index (χ4n) is 3.49. The number of anilines is 1. The van der Waals surface area contributed by atoms with E-state index in [1.807, 2.05) is 25.1 Å². The Hall–Kier alpha value is -2.63. The maximum Gasteiger partial charge on any atom is 0.338 e. The van der Waals surface area contributed by atoms with Crippen LogP contribution in [-0.4, -0.2) is 42.5 Å². The molecule has 1 aliphatic heterocycles. The molecule has 0 bridgehead atoms. The summed E-state index contributed by atoms with van der Waals surface area (Å²) >= 11 is 0. The zero-order valence-electron chi connectivity index (χ0n) is 16.8. The first-order chi connectivity index (χ1) is 13.7. The molecular weight excluding hydrogens is 354 g/mol. The molecular formula is C22H29N3O3. The van der Waals surface area contributed by atoms with Gasteiger partial charge in [0.15, 0.2) is 5.82 Å². The second-order valence-electron chi connectivity index (χ2n) is 7.20. The molecule has 1 unspecified atom stereocenters. The Bertz CT molecular complexity index is 747. The first-order valence-corrected chi connectivity index (χ1v) is 10.1. The summed E-state index contributed by atoms with van der Waals surface area (Å²) in [5.41, 5.74) is 1.50. The lowest BCUT2D eigenvalue weighted by atomic mass is 9.97. The summed E-state index contributed by atoms with van der Waals surface area (Å²) < 4.78 is 10.9. The number of aromatic nitrogens is 2. The van der Waals surface area contributed by atoms with Crippen LogP contribution in [0.25, 0.3) is 0 Å². The van der Waals surface area contributed by atoms with Crippen molar-refractivity contribution in [2.75, 3.05) is 31.2 Å². The maximum atomic E-state index is 11.7. The van der Waals surface area contributed by atoms with Gasteiger partial charge in [-0.1, -0.05) is 0 Å². The van der Waals surface area contributed by atoms with Crippen molar-refractivity contribution in [2.24, 2.45) is 5.92 Å². The summed E-state index contributed by atoms with van der Waals surface area (Å²) in [6.45, 7) is 6.87. The summed E-state index contributed by atoms with van der Waals surface area (Å²) in [6, 6.07) is 11.2. The predicted molar refractivity (Wildman–Crippen MR) is 109 cm³/mol. The van der Waals surface area contributed by atoms with E-state index >= 15 is 0 Å². The molecule has 1 aromatic carbocycles. The first-order valence-electron chi connectivity index (χ1n) is 10.1. The normalized spacial score (nSPS) is 17.1. The molecule has 0 spiro atoms. The number of rotatable bonds is 7. The van der Waals surface area contributed by atoms with Crippen LogP contribution in [0.15, 0.2) is 36.4 Å². The summed E-state index contributed by atoms with van der Waals surface area (Å²) in [6.07, 6.45) is 4.54. The Kier molecular flexibility index (Phi) is 7.23. The molecule has 0 N–H and O–H groups in total. The minimum Gasteiger partial charge on any atom is -0.494 e. The highest BCUT2D eigenvalue weighted by Gasteiger charge is 2.18. The Labute approximate surface area is 166 Å². The van der Waals surface area contributed by atoms with Crippen molar-refractivity contribution in [3.8, 4) is 5.75 Å². The molecule has 2 heterocycles. The van der Waals surface area contributed by atoms with Crippen molar-refractivity contribution in [3.63, 3.8) is 0 Å². The average Bonchev–Trinajstić information content (AvgIpc) is 2.95. The minimum absolute atomic E-state index is 0.296. The molecule has 6 nitrogen and oxygen atoms in total. The maximum absolute atomic E-state index is 11.7. The standard InChI is InChI=1S/C22H29N3O3/c1-3-27-22(26)19-7-9-20(10-8-19)28-16-13-18-5-4-14-25(15-12-18)21-11-6-17(2)23-24-21/h6-11,18H,3-5,12-16H2,1-2H3. The first kappa shape index (κ1) is 20.1. The van der Waals surface area contributed by atoms with Crippen LogP contribution in [0.2, 0.25) is 0 Å². The number of carbonyl (C=O) groups excluding carboxylic acids is 1. The van der Waals surface area contributed by atoms with Gasteiger partial charge in [0.1, 0.15) is 5.75 Å². The van der Waals surface area contributed by atoms with Crippen molar-refractivity contribution < 1.29 is 14.3 Å². The smallest absolute Gasteiger partial charge is 0.338 e. The number of nitrogens with zero attached hydrogens (tertiary/aromatic N) is 3. The highest BCUT2D eigenvalue weighted by atomic mass is 16.5. The molecule has 3 rings (SSSR count). The highest BCUT2D eigenvalue weighted by Crippen LogP contribution is 2.24. The van der Waals surface area contributed by atoms with Gasteiger partial charge in [-0.25, -0.2) is 4.79 Å². The quantitative estimate of drug-likeness (QED) is 0.673. The molecule has 0 radical (unpaired) electrons. The van der Waals surface area contributed by atoms with Gasteiger partial charge in [0, 0.05) is 13.1 Å². The van der Waals surface area contributed by atoms with E-state index in [0.717, 1.165) is 49.6 Å². The molecule has 1 aliphatic rings. The van der Waals surface area contributed by atoms with E-state index in [4.69, 9.17) is 9.47 Å². The molecule has 1 fully saturated rings. The second kappa shape index (κ2) is 10.1. The Morgan fingerprint density at radius 2 is 1.93 bits per heavy atom. The van der Waals surface area contributed by atoms with Gasteiger partial charge in [0.2, 0.25) is 0 Å². The number of ether oxygens (including phenoxy) is 2. The molecule has 1 atom stereocenters.